The third-order valence-electron chi connectivity index (χ3n) is 3.97. The molecule has 0 aromatic heterocycles. The lowest BCUT2D eigenvalue weighted by atomic mass is 9.93. The molecule has 1 atom stereocenters. The van der Waals surface area contributed by atoms with Gasteiger partial charge in [0.25, 0.3) is 5.91 Å². The van der Waals surface area contributed by atoms with Crippen LogP contribution in [0.3, 0.4) is 0 Å². The second kappa shape index (κ2) is 7.24. The van der Waals surface area contributed by atoms with Gasteiger partial charge in [-0.1, -0.05) is 0 Å². The largest absolute Gasteiger partial charge is 0.494 e. The quantitative estimate of drug-likeness (QED) is 0.907. The Kier molecular flexibility index (Phi) is 5.35. The summed E-state index contributed by atoms with van der Waals surface area (Å²) >= 11 is 0. The Bertz CT molecular complexity index is 561. The number of halogens is 1. The standard InChI is InChI=1S/C16H20FNO4/c1-22-14-6-5-12(9-13(14)17)16(21)18-8-2-3-11(10-18)4-7-15(19)20/h5-6,9,11H,2-4,7-8,10H2,1H3,(H,19,20)/t11-/m0/s1. The Morgan fingerprint density at radius 2 is 2.23 bits per heavy atom. The van der Waals surface area contributed by atoms with Crippen LogP contribution in [-0.2, 0) is 4.79 Å². The van der Waals surface area contributed by atoms with Crippen LogP contribution in [0.2, 0.25) is 0 Å². The summed E-state index contributed by atoms with van der Waals surface area (Å²) in [7, 11) is 1.37. The number of likely N-dealkylation sites (tertiary alicyclic amines) is 1. The van der Waals surface area contributed by atoms with E-state index in [1.54, 1.807) is 11.0 Å². The average Bonchev–Trinajstić information content (AvgIpc) is 2.52. The van der Waals surface area contributed by atoms with Crippen molar-refractivity contribution in [2.24, 2.45) is 5.92 Å². The van der Waals surface area contributed by atoms with E-state index in [4.69, 9.17) is 9.84 Å². The van der Waals surface area contributed by atoms with Gasteiger partial charge in [-0.25, -0.2) is 4.39 Å². The number of amides is 1. The first-order valence-corrected chi connectivity index (χ1v) is 7.36. The van der Waals surface area contributed by atoms with Crippen molar-refractivity contribution in [3.8, 4) is 5.75 Å². The molecule has 1 aliphatic rings. The van der Waals surface area contributed by atoms with E-state index in [-0.39, 0.29) is 29.6 Å². The molecule has 1 heterocycles. The molecular weight excluding hydrogens is 289 g/mol. The van der Waals surface area contributed by atoms with Crippen molar-refractivity contribution in [2.45, 2.75) is 25.7 Å². The van der Waals surface area contributed by atoms with E-state index in [1.807, 2.05) is 0 Å². The van der Waals surface area contributed by atoms with Crippen molar-refractivity contribution in [2.75, 3.05) is 20.2 Å². The second-order valence-corrected chi connectivity index (χ2v) is 5.54. The van der Waals surface area contributed by atoms with Gasteiger partial charge >= 0.3 is 5.97 Å². The molecule has 1 aliphatic heterocycles. The van der Waals surface area contributed by atoms with Crippen molar-refractivity contribution < 1.29 is 23.8 Å². The fourth-order valence-corrected chi connectivity index (χ4v) is 2.79. The molecule has 1 saturated heterocycles. The predicted molar refractivity (Wildman–Crippen MR) is 78.4 cm³/mol. The van der Waals surface area contributed by atoms with Gasteiger partial charge in [-0.05, 0) is 43.4 Å². The van der Waals surface area contributed by atoms with E-state index in [0.29, 0.717) is 19.5 Å². The van der Waals surface area contributed by atoms with Gasteiger partial charge in [0, 0.05) is 25.1 Å². The minimum Gasteiger partial charge on any atom is -0.494 e. The van der Waals surface area contributed by atoms with Gasteiger partial charge in [0.1, 0.15) is 0 Å². The van der Waals surface area contributed by atoms with Crippen LogP contribution in [-0.4, -0.2) is 42.1 Å². The van der Waals surface area contributed by atoms with Crippen LogP contribution in [0, 0.1) is 11.7 Å². The molecule has 120 valence electrons. The lowest BCUT2D eigenvalue weighted by molar-refractivity contribution is -0.137. The summed E-state index contributed by atoms with van der Waals surface area (Å²) in [6, 6.07) is 4.17. The van der Waals surface area contributed by atoms with Crippen molar-refractivity contribution in [3.05, 3.63) is 29.6 Å². The summed E-state index contributed by atoms with van der Waals surface area (Å²) in [5.74, 6) is -1.30. The minimum absolute atomic E-state index is 0.106. The van der Waals surface area contributed by atoms with E-state index >= 15 is 0 Å². The molecule has 0 unspecified atom stereocenters. The van der Waals surface area contributed by atoms with E-state index in [9.17, 15) is 14.0 Å². The summed E-state index contributed by atoms with van der Waals surface area (Å²) < 4.78 is 18.5. The zero-order valence-electron chi connectivity index (χ0n) is 12.5. The van der Waals surface area contributed by atoms with Crippen LogP contribution in [0.15, 0.2) is 18.2 Å². The van der Waals surface area contributed by atoms with Gasteiger partial charge in [0.15, 0.2) is 11.6 Å². The first-order chi connectivity index (χ1) is 10.5. The molecule has 2 rings (SSSR count). The zero-order valence-corrected chi connectivity index (χ0v) is 12.5. The van der Waals surface area contributed by atoms with E-state index in [1.165, 1.54) is 19.2 Å². The average molecular weight is 309 g/mol. The summed E-state index contributed by atoms with van der Waals surface area (Å²) in [6.45, 7) is 1.15. The Hall–Kier alpha value is -2.11. The number of methoxy groups -OCH3 is 1. The van der Waals surface area contributed by atoms with Crippen molar-refractivity contribution in [1.29, 1.82) is 0 Å². The molecule has 6 heteroatoms. The van der Waals surface area contributed by atoms with Gasteiger partial charge in [-0.3, -0.25) is 9.59 Å². The third-order valence-corrected chi connectivity index (χ3v) is 3.97. The highest BCUT2D eigenvalue weighted by molar-refractivity contribution is 5.94. The fourth-order valence-electron chi connectivity index (χ4n) is 2.79. The molecule has 1 amide bonds. The van der Waals surface area contributed by atoms with E-state index in [0.717, 1.165) is 12.8 Å². The van der Waals surface area contributed by atoms with Crippen molar-refractivity contribution in [1.82, 2.24) is 4.90 Å². The number of carbonyl (C=O) groups excluding carboxylic acids is 1. The lowest BCUT2D eigenvalue weighted by Gasteiger charge is -2.32. The predicted octanol–water partition coefficient (Wildman–Crippen LogP) is 2.55. The number of carboxylic acid groups (broad SMARTS) is 1. The lowest BCUT2D eigenvalue weighted by Crippen LogP contribution is -2.40. The molecule has 0 radical (unpaired) electrons. The third kappa shape index (κ3) is 3.96. The highest BCUT2D eigenvalue weighted by Gasteiger charge is 2.25. The van der Waals surface area contributed by atoms with Gasteiger partial charge < -0.3 is 14.7 Å². The number of hydrogen-bond acceptors (Lipinski definition) is 3. The number of aliphatic carboxylic acids is 1. The normalized spacial score (nSPS) is 18.1. The number of ether oxygens (including phenoxy) is 1. The summed E-state index contributed by atoms with van der Waals surface area (Å²) in [5, 5.41) is 8.74. The molecule has 1 N–H and O–H groups in total. The second-order valence-electron chi connectivity index (χ2n) is 5.54. The van der Waals surface area contributed by atoms with E-state index in [2.05, 4.69) is 0 Å². The SMILES string of the molecule is COc1ccc(C(=O)N2CCC[C@@H](CCC(=O)O)C2)cc1F. The maximum Gasteiger partial charge on any atom is 0.303 e. The number of carboxylic acids is 1. The number of nitrogens with zero attached hydrogens (tertiary/aromatic N) is 1. The topological polar surface area (TPSA) is 66.8 Å². The molecule has 0 aliphatic carbocycles. The van der Waals surface area contributed by atoms with Crippen LogP contribution >= 0.6 is 0 Å². The van der Waals surface area contributed by atoms with Gasteiger partial charge in [0.2, 0.25) is 0 Å². The molecule has 1 fully saturated rings. The van der Waals surface area contributed by atoms with Crippen molar-refractivity contribution >= 4 is 11.9 Å². The first kappa shape index (κ1) is 16.3. The Morgan fingerprint density at radius 3 is 2.86 bits per heavy atom. The van der Waals surface area contributed by atoms with Crippen molar-refractivity contribution in [3.63, 3.8) is 0 Å². The highest BCUT2D eigenvalue weighted by atomic mass is 19.1. The number of hydrogen-bond donors (Lipinski definition) is 1. The minimum atomic E-state index is -0.819. The Labute approximate surface area is 128 Å². The number of rotatable bonds is 5. The zero-order chi connectivity index (χ0) is 16.1. The Balaban J connectivity index is 2.02. The molecule has 0 spiro atoms. The number of benzene rings is 1. The monoisotopic (exact) mass is 309 g/mol. The molecule has 1 aromatic rings. The number of carbonyl (C=O) groups is 2. The fraction of sp³-hybridized carbons (Fsp3) is 0.500. The summed E-state index contributed by atoms with van der Waals surface area (Å²) in [5.41, 5.74) is 0.289. The van der Waals surface area contributed by atoms with Crippen LogP contribution in [0.4, 0.5) is 4.39 Å². The molecule has 1 aromatic carbocycles. The maximum atomic E-state index is 13.7. The van der Waals surface area contributed by atoms with Gasteiger partial charge in [0.05, 0.1) is 7.11 Å². The smallest absolute Gasteiger partial charge is 0.303 e. The highest BCUT2D eigenvalue weighted by Crippen LogP contribution is 2.24. The summed E-state index contributed by atoms with van der Waals surface area (Å²) in [4.78, 5) is 24.8. The number of piperidine rings is 1. The van der Waals surface area contributed by atoms with Gasteiger partial charge in [-0.2, -0.15) is 0 Å². The van der Waals surface area contributed by atoms with Crippen LogP contribution in [0.5, 0.6) is 5.75 Å². The molecule has 0 saturated carbocycles. The molecule has 22 heavy (non-hydrogen) atoms. The summed E-state index contributed by atoms with van der Waals surface area (Å²) in [6.07, 6.45) is 2.45. The van der Waals surface area contributed by atoms with Crippen LogP contribution < -0.4 is 4.74 Å². The molecule has 5 nitrogen and oxygen atoms in total. The van der Waals surface area contributed by atoms with Crippen LogP contribution in [0.1, 0.15) is 36.0 Å². The first-order valence-electron chi connectivity index (χ1n) is 7.36. The van der Waals surface area contributed by atoms with Crippen LogP contribution in [0.25, 0.3) is 0 Å². The molecule has 0 bridgehead atoms. The Morgan fingerprint density at radius 1 is 1.45 bits per heavy atom. The van der Waals surface area contributed by atoms with Gasteiger partial charge in [-0.15, -0.1) is 0 Å². The molecular formula is C16H20FNO4. The maximum absolute atomic E-state index is 13.7. The van der Waals surface area contributed by atoms with E-state index < -0.39 is 11.8 Å².